The molecule has 1 heterocycles. The third-order valence-corrected chi connectivity index (χ3v) is 3.20. The first-order chi connectivity index (χ1) is 11.2. The average Bonchev–Trinajstić information content (AvgIpc) is 2.48. The highest BCUT2D eigenvalue weighted by molar-refractivity contribution is 6.34. The quantitative estimate of drug-likeness (QED) is 0.858. The lowest BCUT2D eigenvalue weighted by Crippen LogP contribution is -2.16. The van der Waals surface area contributed by atoms with Crippen LogP contribution in [0.2, 0.25) is 5.02 Å². The Balaban J connectivity index is 2.17. The lowest BCUT2D eigenvalue weighted by Gasteiger charge is -2.12. The van der Waals surface area contributed by atoms with Gasteiger partial charge in [-0.05, 0) is 32.0 Å². The molecule has 0 atom stereocenters. The topological polar surface area (TPSA) is 66.9 Å². The lowest BCUT2D eigenvalue weighted by atomic mass is 10.2. The Morgan fingerprint density at radius 1 is 1.21 bits per heavy atom. The van der Waals surface area contributed by atoms with E-state index in [4.69, 9.17) is 11.6 Å². The van der Waals surface area contributed by atoms with Gasteiger partial charge in [0, 0.05) is 18.4 Å². The normalized spacial score (nSPS) is 11.5. The highest BCUT2D eigenvalue weighted by atomic mass is 35.5. The van der Waals surface area contributed by atoms with Crippen LogP contribution in [0.1, 0.15) is 29.8 Å². The van der Waals surface area contributed by atoms with Crippen LogP contribution in [0, 0.1) is 0 Å². The molecule has 2 N–H and O–H groups in total. The number of rotatable bonds is 4. The van der Waals surface area contributed by atoms with Crippen molar-refractivity contribution in [2.45, 2.75) is 26.1 Å². The molecule has 0 saturated carbocycles. The molecular weight excluding hydrogens is 345 g/mol. The molecule has 0 unspecified atom stereocenters. The van der Waals surface area contributed by atoms with Crippen LogP contribution in [0.15, 0.2) is 30.6 Å². The van der Waals surface area contributed by atoms with E-state index in [1.54, 1.807) is 0 Å². The van der Waals surface area contributed by atoms with Crippen molar-refractivity contribution in [1.29, 1.82) is 0 Å². The van der Waals surface area contributed by atoms with E-state index in [0.717, 1.165) is 18.2 Å². The largest absolute Gasteiger partial charge is 0.416 e. The second-order valence-corrected chi connectivity index (χ2v) is 5.65. The first-order valence-corrected chi connectivity index (χ1v) is 7.31. The zero-order valence-corrected chi connectivity index (χ0v) is 13.5. The molecule has 0 saturated heterocycles. The molecule has 128 valence electrons. The molecule has 24 heavy (non-hydrogen) atoms. The number of carbonyl (C=O) groups is 1. The number of amides is 1. The summed E-state index contributed by atoms with van der Waals surface area (Å²) in [6.07, 6.45) is -1.99. The number of carbonyl (C=O) groups excluding carboxylic acids is 1. The van der Waals surface area contributed by atoms with Crippen LogP contribution in [0.5, 0.6) is 0 Å². The first-order valence-electron chi connectivity index (χ1n) is 6.93. The summed E-state index contributed by atoms with van der Waals surface area (Å²) in [7, 11) is 0. The maximum Gasteiger partial charge on any atom is 0.416 e. The minimum atomic E-state index is -4.53. The number of nitrogens with one attached hydrogen (secondary N) is 2. The third-order valence-electron chi connectivity index (χ3n) is 2.87. The van der Waals surface area contributed by atoms with Crippen molar-refractivity contribution in [3.8, 4) is 0 Å². The molecule has 0 aliphatic carbocycles. The van der Waals surface area contributed by atoms with Gasteiger partial charge in [-0.1, -0.05) is 11.6 Å². The van der Waals surface area contributed by atoms with Crippen LogP contribution in [0.25, 0.3) is 0 Å². The summed E-state index contributed by atoms with van der Waals surface area (Å²) in [5.41, 5.74) is -0.950. The Kier molecular flexibility index (Phi) is 5.28. The minimum Gasteiger partial charge on any atom is -0.352 e. The van der Waals surface area contributed by atoms with Gasteiger partial charge in [0.05, 0.1) is 21.8 Å². The van der Waals surface area contributed by atoms with Crippen LogP contribution >= 0.6 is 11.6 Å². The Morgan fingerprint density at radius 3 is 2.38 bits per heavy atom. The number of aromatic nitrogens is 2. The maximum absolute atomic E-state index is 12.7. The summed E-state index contributed by atoms with van der Waals surface area (Å²) in [5, 5.41) is 5.28. The third kappa shape index (κ3) is 4.58. The van der Waals surface area contributed by atoms with Gasteiger partial charge in [-0.15, -0.1) is 0 Å². The van der Waals surface area contributed by atoms with Crippen molar-refractivity contribution in [3.63, 3.8) is 0 Å². The molecular formula is C15H14ClF3N4O. The average molecular weight is 359 g/mol. The summed E-state index contributed by atoms with van der Waals surface area (Å²) >= 11 is 5.84. The Labute approximate surface area is 141 Å². The molecule has 1 aromatic heterocycles. The second-order valence-electron chi connectivity index (χ2n) is 5.24. The predicted octanol–water partition coefficient (Wildman–Crippen LogP) is 4.22. The summed E-state index contributed by atoms with van der Waals surface area (Å²) < 4.78 is 38.2. The summed E-state index contributed by atoms with van der Waals surface area (Å²) in [6, 6.07) is 2.81. The van der Waals surface area contributed by atoms with Crippen molar-refractivity contribution < 1.29 is 18.0 Å². The smallest absolute Gasteiger partial charge is 0.352 e. The van der Waals surface area contributed by atoms with Gasteiger partial charge in [0.25, 0.3) is 5.91 Å². The van der Waals surface area contributed by atoms with Gasteiger partial charge >= 0.3 is 6.18 Å². The highest BCUT2D eigenvalue weighted by Gasteiger charge is 2.31. The molecule has 0 aliphatic heterocycles. The van der Waals surface area contributed by atoms with E-state index in [-0.39, 0.29) is 22.3 Å². The van der Waals surface area contributed by atoms with E-state index in [2.05, 4.69) is 20.6 Å². The monoisotopic (exact) mass is 358 g/mol. The van der Waals surface area contributed by atoms with Gasteiger partial charge < -0.3 is 10.6 Å². The van der Waals surface area contributed by atoms with Crippen molar-refractivity contribution in [2.75, 3.05) is 10.6 Å². The van der Waals surface area contributed by atoms with Crippen LogP contribution < -0.4 is 10.6 Å². The summed E-state index contributed by atoms with van der Waals surface area (Å²) in [4.78, 5) is 20.0. The predicted molar refractivity (Wildman–Crippen MR) is 85.2 cm³/mol. The molecule has 0 radical (unpaired) electrons. The number of anilines is 2. The van der Waals surface area contributed by atoms with Gasteiger partial charge in [-0.2, -0.15) is 13.2 Å². The number of alkyl halides is 3. The highest BCUT2D eigenvalue weighted by Crippen LogP contribution is 2.33. The van der Waals surface area contributed by atoms with Gasteiger partial charge in [0.15, 0.2) is 0 Å². The number of nitrogens with zero attached hydrogens (tertiary/aromatic N) is 2. The Bertz CT molecular complexity index is 732. The van der Waals surface area contributed by atoms with E-state index in [9.17, 15) is 18.0 Å². The van der Waals surface area contributed by atoms with Crippen molar-refractivity contribution in [3.05, 3.63) is 46.7 Å². The summed E-state index contributed by atoms with van der Waals surface area (Å²) in [6.45, 7) is 3.80. The van der Waals surface area contributed by atoms with Crippen molar-refractivity contribution in [1.82, 2.24) is 9.97 Å². The van der Waals surface area contributed by atoms with Gasteiger partial charge in [0.2, 0.25) is 5.95 Å². The number of hydrogen-bond donors (Lipinski definition) is 2. The number of hydrogen-bond acceptors (Lipinski definition) is 4. The van der Waals surface area contributed by atoms with Gasteiger partial charge in [0.1, 0.15) is 0 Å². The van der Waals surface area contributed by atoms with Gasteiger partial charge in [-0.25, -0.2) is 9.97 Å². The van der Waals surface area contributed by atoms with E-state index in [1.165, 1.54) is 12.4 Å². The van der Waals surface area contributed by atoms with Gasteiger partial charge in [-0.3, -0.25) is 4.79 Å². The lowest BCUT2D eigenvalue weighted by molar-refractivity contribution is -0.137. The van der Waals surface area contributed by atoms with Crippen molar-refractivity contribution >= 4 is 29.1 Å². The van der Waals surface area contributed by atoms with Crippen LogP contribution in [-0.4, -0.2) is 21.9 Å². The fourth-order valence-corrected chi connectivity index (χ4v) is 1.93. The number of benzene rings is 1. The Hall–Kier alpha value is -2.35. The molecule has 0 fully saturated rings. The fourth-order valence-electron chi connectivity index (χ4n) is 1.77. The Morgan fingerprint density at radius 2 is 1.83 bits per heavy atom. The molecule has 2 rings (SSSR count). The maximum atomic E-state index is 12.7. The van der Waals surface area contributed by atoms with E-state index in [0.29, 0.717) is 5.95 Å². The molecule has 5 nitrogen and oxygen atoms in total. The minimum absolute atomic E-state index is 0.00429. The molecule has 0 bridgehead atoms. The van der Waals surface area contributed by atoms with Crippen LogP contribution in [0.4, 0.5) is 24.8 Å². The zero-order chi connectivity index (χ0) is 17.9. The zero-order valence-electron chi connectivity index (χ0n) is 12.8. The van der Waals surface area contributed by atoms with E-state index in [1.807, 2.05) is 13.8 Å². The molecule has 2 aromatic rings. The molecule has 1 amide bonds. The second kappa shape index (κ2) is 7.04. The molecule has 1 aromatic carbocycles. The standard InChI is InChI=1S/C15H14ClF3N4O/c1-8(2)22-14-20-6-9(7-21-14)13(24)23-12-5-10(15(17,18)19)3-4-11(12)16/h3-8H,1-2H3,(H,23,24)(H,20,21,22). The van der Waals surface area contributed by atoms with Crippen LogP contribution in [0.3, 0.4) is 0 Å². The SMILES string of the molecule is CC(C)Nc1ncc(C(=O)Nc2cc(C(F)(F)F)ccc2Cl)cn1. The van der Waals surface area contributed by atoms with Crippen LogP contribution in [-0.2, 0) is 6.18 Å². The molecule has 9 heteroatoms. The fraction of sp³-hybridized carbons (Fsp3) is 0.267. The number of halogens is 4. The first kappa shape index (κ1) is 18.0. The molecule has 0 spiro atoms. The summed E-state index contributed by atoms with van der Waals surface area (Å²) in [5.74, 6) is -0.314. The van der Waals surface area contributed by atoms with E-state index < -0.39 is 17.6 Å². The van der Waals surface area contributed by atoms with Crippen molar-refractivity contribution in [2.24, 2.45) is 0 Å². The van der Waals surface area contributed by atoms with E-state index >= 15 is 0 Å². The molecule has 0 aliphatic rings.